The molecular formula is C21H18N2. The maximum absolute atomic E-state index is 4.68. The molecule has 1 N–H and O–H groups in total. The largest absolute Gasteiger partial charge is 0.338 e. The van der Waals surface area contributed by atoms with E-state index in [-0.39, 0.29) is 0 Å². The van der Waals surface area contributed by atoms with E-state index in [0.717, 1.165) is 22.4 Å². The van der Waals surface area contributed by atoms with Crippen LogP contribution in [-0.2, 0) is 0 Å². The monoisotopic (exact) mass is 298 g/mol. The van der Waals surface area contributed by atoms with Gasteiger partial charge in [-0.05, 0) is 42.7 Å². The second-order valence-corrected chi connectivity index (χ2v) is 6.05. The predicted octanol–water partition coefficient (Wildman–Crippen LogP) is 5.51. The van der Waals surface area contributed by atoms with E-state index < -0.39 is 0 Å². The first-order valence-corrected chi connectivity index (χ1v) is 7.83. The summed E-state index contributed by atoms with van der Waals surface area (Å²) in [6.07, 6.45) is 0. The van der Waals surface area contributed by atoms with E-state index in [1.54, 1.807) is 0 Å². The number of nitrogens with zero attached hydrogens (tertiary/aromatic N) is 1. The highest BCUT2D eigenvalue weighted by molar-refractivity contribution is 5.80. The fourth-order valence-corrected chi connectivity index (χ4v) is 2.83. The molecule has 0 fully saturated rings. The molecule has 0 atom stereocenters. The second kappa shape index (κ2) is 5.40. The molecule has 3 aromatic carbocycles. The zero-order valence-electron chi connectivity index (χ0n) is 13.3. The van der Waals surface area contributed by atoms with Crippen molar-refractivity contribution in [3.05, 3.63) is 77.9 Å². The Morgan fingerprint density at radius 1 is 0.652 bits per heavy atom. The molecule has 0 amide bonds. The first-order valence-electron chi connectivity index (χ1n) is 7.83. The van der Waals surface area contributed by atoms with Gasteiger partial charge in [0.15, 0.2) is 0 Å². The number of hydrogen-bond acceptors (Lipinski definition) is 1. The van der Waals surface area contributed by atoms with E-state index >= 15 is 0 Å². The molecule has 0 unspecified atom stereocenters. The highest BCUT2D eigenvalue weighted by Crippen LogP contribution is 2.25. The topological polar surface area (TPSA) is 28.7 Å². The Labute approximate surface area is 135 Å². The van der Waals surface area contributed by atoms with Crippen LogP contribution < -0.4 is 0 Å². The van der Waals surface area contributed by atoms with Gasteiger partial charge in [-0.25, -0.2) is 4.98 Å². The molecule has 4 rings (SSSR count). The van der Waals surface area contributed by atoms with Crippen LogP contribution in [0.5, 0.6) is 0 Å². The SMILES string of the molecule is Cc1ccc(-c2ccc(-c3nc4ccc(C)cc4[nH]3)cc2)cc1. The minimum Gasteiger partial charge on any atom is -0.338 e. The van der Waals surface area contributed by atoms with Crippen molar-refractivity contribution in [3.63, 3.8) is 0 Å². The van der Waals surface area contributed by atoms with Gasteiger partial charge >= 0.3 is 0 Å². The van der Waals surface area contributed by atoms with Crippen LogP contribution >= 0.6 is 0 Å². The number of fused-ring (bicyclic) bond motifs is 1. The summed E-state index contributed by atoms with van der Waals surface area (Å²) < 4.78 is 0. The third-order valence-electron chi connectivity index (χ3n) is 4.18. The molecule has 0 aliphatic carbocycles. The lowest BCUT2D eigenvalue weighted by Gasteiger charge is -2.03. The van der Waals surface area contributed by atoms with E-state index in [1.165, 1.54) is 22.3 Å². The van der Waals surface area contributed by atoms with Gasteiger partial charge in [0.25, 0.3) is 0 Å². The molecule has 0 aliphatic heterocycles. The van der Waals surface area contributed by atoms with Crippen LogP contribution in [0.4, 0.5) is 0 Å². The number of nitrogens with one attached hydrogen (secondary N) is 1. The molecular weight excluding hydrogens is 280 g/mol. The van der Waals surface area contributed by atoms with E-state index in [2.05, 4.69) is 90.5 Å². The fraction of sp³-hybridized carbons (Fsp3) is 0.0952. The summed E-state index contributed by atoms with van der Waals surface area (Å²) in [5.41, 5.74) is 8.18. The van der Waals surface area contributed by atoms with E-state index in [9.17, 15) is 0 Å². The first kappa shape index (κ1) is 13.8. The van der Waals surface area contributed by atoms with Gasteiger partial charge in [-0.2, -0.15) is 0 Å². The summed E-state index contributed by atoms with van der Waals surface area (Å²) in [5, 5.41) is 0. The first-order chi connectivity index (χ1) is 11.2. The van der Waals surface area contributed by atoms with Crippen LogP contribution in [-0.4, -0.2) is 9.97 Å². The molecule has 2 heteroatoms. The van der Waals surface area contributed by atoms with Crippen molar-refractivity contribution in [2.24, 2.45) is 0 Å². The van der Waals surface area contributed by atoms with E-state index in [4.69, 9.17) is 0 Å². The summed E-state index contributed by atoms with van der Waals surface area (Å²) in [6.45, 7) is 4.20. The van der Waals surface area contributed by atoms with Crippen LogP contribution in [0.3, 0.4) is 0 Å². The molecule has 112 valence electrons. The number of aromatic amines is 1. The van der Waals surface area contributed by atoms with Crippen molar-refractivity contribution in [2.45, 2.75) is 13.8 Å². The third kappa shape index (κ3) is 2.64. The molecule has 0 bridgehead atoms. The lowest BCUT2D eigenvalue weighted by atomic mass is 10.0. The molecule has 0 saturated heterocycles. The van der Waals surface area contributed by atoms with Gasteiger partial charge in [0, 0.05) is 5.56 Å². The van der Waals surface area contributed by atoms with Crippen LogP contribution in [0.15, 0.2) is 66.7 Å². The van der Waals surface area contributed by atoms with Gasteiger partial charge in [0.1, 0.15) is 5.82 Å². The highest BCUT2D eigenvalue weighted by Gasteiger charge is 2.06. The number of aromatic nitrogens is 2. The van der Waals surface area contributed by atoms with Gasteiger partial charge in [-0.3, -0.25) is 0 Å². The van der Waals surface area contributed by atoms with Crippen LogP contribution in [0.1, 0.15) is 11.1 Å². The van der Waals surface area contributed by atoms with Crippen molar-refractivity contribution in [1.29, 1.82) is 0 Å². The van der Waals surface area contributed by atoms with Gasteiger partial charge in [-0.1, -0.05) is 60.2 Å². The van der Waals surface area contributed by atoms with Crippen molar-refractivity contribution < 1.29 is 0 Å². The predicted molar refractivity (Wildman–Crippen MR) is 96.4 cm³/mol. The number of aryl methyl sites for hydroxylation is 2. The van der Waals surface area contributed by atoms with Crippen molar-refractivity contribution in [2.75, 3.05) is 0 Å². The lowest BCUT2D eigenvalue weighted by Crippen LogP contribution is -1.82. The Morgan fingerprint density at radius 2 is 1.22 bits per heavy atom. The van der Waals surface area contributed by atoms with Gasteiger partial charge in [-0.15, -0.1) is 0 Å². The summed E-state index contributed by atoms with van der Waals surface area (Å²) in [5.74, 6) is 0.918. The number of rotatable bonds is 2. The highest BCUT2D eigenvalue weighted by atomic mass is 14.9. The lowest BCUT2D eigenvalue weighted by molar-refractivity contribution is 1.34. The van der Waals surface area contributed by atoms with Crippen LogP contribution in [0, 0.1) is 13.8 Å². The number of hydrogen-bond donors (Lipinski definition) is 1. The van der Waals surface area contributed by atoms with Crippen molar-refractivity contribution in [1.82, 2.24) is 9.97 Å². The Bertz CT molecular complexity index is 961. The minimum absolute atomic E-state index is 0.918. The number of imidazole rings is 1. The van der Waals surface area contributed by atoms with Crippen LogP contribution in [0.2, 0.25) is 0 Å². The van der Waals surface area contributed by atoms with Crippen molar-refractivity contribution >= 4 is 11.0 Å². The standard InChI is InChI=1S/C21H18N2/c1-14-3-6-16(7-4-14)17-8-10-18(11-9-17)21-22-19-12-5-15(2)13-20(19)23-21/h3-13H,1-2H3,(H,22,23). The molecule has 0 radical (unpaired) electrons. The molecule has 1 heterocycles. The molecule has 23 heavy (non-hydrogen) atoms. The number of H-pyrrole nitrogens is 1. The van der Waals surface area contributed by atoms with Gasteiger partial charge < -0.3 is 4.98 Å². The Hall–Kier alpha value is -2.87. The molecule has 0 saturated carbocycles. The molecule has 2 nitrogen and oxygen atoms in total. The fourth-order valence-electron chi connectivity index (χ4n) is 2.83. The Kier molecular flexibility index (Phi) is 3.23. The maximum Gasteiger partial charge on any atom is 0.138 e. The van der Waals surface area contributed by atoms with Crippen LogP contribution in [0.25, 0.3) is 33.5 Å². The molecule has 4 aromatic rings. The molecule has 1 aromatic heterocycles. The third-order valence-corrected chi connectivity index (χ3v) is 4.18. The quantitative estimate of drug-likeness (QED) is 0.519. The molecule has 0 spiro atoms. The van der Waals surface area contributed by atoms with Crippen molar-refractivity contribution in [3.8, 4) is 22.5 Å². The zero-order chi connectivity index (χ0) is 15.8. The normalized spacial score (nSPS) is 11.0. The summed E-state index contributed by atoms with van der Waals surface area (Å²) in [6, 6.07) is 23.4. The number of benzene rings is 3. The zero-order valence-corrected chi connectivity index (χ0v) is 13.3. The molecule has 0 aliphatic rings. The summed E-state index contributed by atoms with van der Waals surface area (Å²) in [4.78, 5) is 8.09. The Balaban J connectivity index is 1.70. The summed E-state index contributed by atoms with van der Waals surface area (Å²) >= 11 is 0. The van der Waals surface area contributed by atoms with Gasteiger partial charge in [0.2, 0.25) is 0 Å². The second-order valence-electron chi connectivity index (χ2n) is 6.05. The summed E-state index contributed by atoms with van der Waals surface area (Å²) in [7, 11) is 0. The minimum atomic E-state index is 0.918. The Morgan fingerprint density at radius 3 is 1.91 bits per heavy atom. The smallest absolute Gasteiger partial charge is 0.138 e. The van der Waals surface area contributed by atoms with E-state index in [1.807, 2.05) is 0 Å². The van der Waals surface area contributed by atoms with Gasteiger partial charge in [0.05, 0.1) is 11.0 Å². The maximum atomic E-state index is 4.68. The average Bonchev–Trinajstić information content (AvgIpc) is 2.99. The van der Waals surface area contributed by atoms with E-state index in [0.29, 0.717) is 0 Å². The average molecular weight is 298 g/mol.